The number of hydrogen-bond acceptors (Lipinski definition) is 5. The number of aromatic nitrogens is 2. The van der Waals surface area contributed by atoms with Gasteiger partial charge in [-0.05, 0) is 47.4 Å². The maximum Gasteiger partial charge on any atom is 0.422 e. The summed E-state index contributed by atoms with van der Waals surface area (Å²) in [4.78, 5) is 9.95. The Morgan fingerprint density at radius 3 is 2.79 bits per heavy atom. The molecule has 2 fully saturated rings. The van der Waals surface area contributed by atoms with Crippen molar-refractivity contribution in [2.24, 2.45) is 0 Å². The SMILES string of the molecule is Fc1c(Br)ccc2c(OCC(F)(F)F)nc(OC[C@@]34CCCN3C[C@H](F)C4)nc12. The number of halogens is 6. The molecule has 0 radical (unpaired) electrons. The molecule has 5 nitrogen and oxygen atoms in total. The minimum atomic E-state index is -4.59. The number of nitrogens with zero attached hydrogens (tertiary/aromatic N) is 3. The predicted octanol–water partition coefficient (Wildman–Crippen LogP) is 4.43. The molecule has 0 spiro atoms. The Balaban J connectivity index is 1.64. The molecule has 0 saturated carbocycles. The van der Waals surface area contributed by atoms with Gasteiger partial charge in [-0.1, -0.05) is 0 Å². The smallest absolute Gasteiger partial charge is 0.422 e. The third-order valence-corrected chi connectivity index (χ3v) is 5.92. The van der Waals surface area contributed by atoms with Crippen molar-refractivity contribution in [3.05, 3.63) is 22.4 Å². The Labute approximate surface area is 171 Å². The van der Waals surface area contributed by atoms with Gasteiger partial charge in [0.05, 0.1) is 15.4 Å². The van der Waals surface area contributed by atoms with Crippen LogP contribution in [0.2, 0.25) is 0 Å². The average molecular weight is 482 g/mol. The zero-order valence-corrected chi connectivity index (χ0v) is 16.7. The van der Waals surface area contributed by atoms with Crippen molar-refractivity contribution in [2.45, 2.75) is 37.1 Å². The van der Waals surface area contributed by atoms with Crippen LogP contribution >= 0.6 is 15.9 Å². The van der Waals surface area contributed by atoms with Crippen molar-refractivity contribution in [1.29, 1.82) is 0 Å². The van der Waals surface area contributed by atoms with E-state index in [1.165, 1.54) is 12.1 Å². The van der Waals surface area contributed by atoms with Crippen molar-refractivity contribution in [1.82, 2.24) is 14.9 Å². The Hall–Kier alpha value is -1.75. The first-order chi connectivity index (χ1) is 13.7. The van der Waals surface area contributed by atoms with Gasteiger partial charge >= 0.3 is 12.2 Å². The van der Waals surface area contributed by atoms with E-state index in [-0.39, 0.29) is 28.0 Å². The first-order valence-corrected chi connectivity index (χ1v) is 9.83. The molecule has 4 rings (SSSR count). The summed E-state index contributed by atoms with van der Waals surface area (Å²) in [6, 6.07) is 2.38. The topological polar surface area (TPSA) is 47.5 Å². The molecular weight excluding hydrogens is 465 g/mol. The number of ether oxygens (including phenoxy) is 2. The van der Waals surface area contributed by atoms with Crippen LogP contribution in [0.25, 0.3) is 10.9 Å². The van der Waals surface area contributed by atoms with Crippen LogP contribution in [0.1, 0.15) is 19.3 Å². The lowest BCUT2D eigenvalue weighted by Crippen LogP contribution is -2.43. The second kappa shape index (κ2) is 7.50. The molecule has 2 atom stereocenters. The third-order valence-electron chi connectivity index (χ3n) is 5.31. The van der Waals surface area contributed by atoms with Gasteiger partial charge in [-0.3, -0.25) is 4.90 Å². The highest BCUT2D eigenvalue weighted by molar-refractivity contribution is 9.10. The lowest BCUT2D eigenvalue weighted by molar-refractivity contribution is -0.153. The van der Waals surface area contributed by atoms with E-state index in [1.54, 1.807) is 0 Å². The highest BCUT2D eigenvalue weighted by Gasteiger charge is 2.49. The molecule has 11 heteroatoms. The van der Waals surface area contributed by atoms with Gasteiger partial charge in [0.25, 0.3) is 0 Å². The third kappa shape index (κ3) is 4.11. The molecule has 2 saturated heterocycles. The van der Waals surface area contributed by atoms with Gasteiger partial charge in [-0.2, -0.15) is 23.1 Å². The summed E-state index contributed by atoms with van der Waals surface area (Å²) in [5, 5.41) is -0.00681. The molecule has 2 aliphatic heterocycles. The van der Waals surface area contributed by atoms with Crippen molar-refractivity contribution in [2.75, 3.05) is 26.3 Å². The van der Waals surface area contributed by atoms with Gasteiger partial charge in [-0.25, -0.2) is 8.78 Å². The fourth-order valence-electron chi connectivity index (χ4n) is 4.06. The second-order valence-electron chi connectivity index (χ2n) is 7.34. The van der Waals surface area contributed by atoms with E-state index in [2.05, 4.69) is 25.9 Å². The lowest BCUT2D eigenvalue weighted by Gasteiger charge is -2.30. The average Bonchev–Trinajstić information content (AvgIpc) is 3.16. The largest absolute Gasteiger partial charge is 0.467 e. The van der Waals surface area contributed by atoms with Crippen molar-refractivity contribution < 1.29 is 31.4 Å². The molecule has 0 unspecified atom stereocenters. The fourth-order valence-corrected chi connectivity index (χ4v) is 4.38. The first-order valence-electron chi connectivity index (χ1n) is 9.04. The first kappa shape index (κ1) is 20.5. The van der Waals surface area contributed by atoms with Crippen molar-refractivity contribution in [3.8, 4) is 11.9 Å². The van der Waals surface area contributed by atoms with Gasteiger partial charge in [-0.15, -0.1) is 0 Å². The molecule has 0 amide bonds. The van der Waals surface area contributed by atoms with Gasteiger partial charge in [0.1, 0.15) is 18.3 Å². The van der Waals surface area contributed by atoms with Crippen LogP contribution in [0, 0.1) is 5.82 Å². The lowest BCUT2D eigenvalue weighted by atomic mass is 9.95. The summed E-state index contributed by atoms with van der Waals surface area (Å²) >= 11 is 3.03. The zero-order valence-electron chi connectivity index (χ0n) is 15.1. The highest BCUT2D eigenvalue weighted by Crippen LogP contribution is 2.40. The Kier molecular flexibility index (Phi) is 5.30. The summed E-state index contributed by atoms with van der Waals surface area (Å²) < 4.78 is 76.7. The van der Waals surface area contributed by atoms with Crippen LogP contribution in [0.5, 0.6) is 11.9 Å². The number of alkyl halides is 4. The van der Waals surface area contributed by atoms with E-state index in [1.807, 2.05) is 4.90 Å². The minimum absolute atomic E-state index is 0.00681. The quantitative estimate of drug-likeness (QED) is 0.591. The zero-order chi connectivity index (χ0) is 20.8. The van der Waals surface area contributed by atoms with Gasteiger partial charge in [0.15, 0.2) is 12.4 Å². The summed E-state index contributed by atoms with van der Waals surface area (Å²) in [7, 11) is 0. The van der Waals surface area contributed by atoms with E-state index < -0.39 is 36.2 Å². The monoisotopic (exact) mass is 481 g/mol. The fraction of sp³-hybridized carbons (Fsp3) is 0.556. The van der Waals surface area contributed by atoms with Gasteiger partial charge in [0.2, 0.25) is 5.88 Å². The summed E-state index contributed by atoms with van der Waals surface area (Å²) in [6.07, 6.45) is -3.61. The van der Waals surface area contributed by atoms with E-state index in [4.69, 9.17) is 9.47 Å². The van der Waals surface area contributed by atoms with E-state index in [0.29, 0.717) is 13.0 Å². The number of benzene rings is 1. The molecule has 2 aromatic rings. The molecule has 2 aliphatic rings. The van der Waals surface area contributed by atoms with Crippen LogP contribution in [0.4, 0.5) is 22.0 Å². The van der Waals surface area contributed by atoms with Crippen molar-refractivity contribution >= 4 is 26.8 Å². The molecule has 0 aliphatic carbocycles. The molecule has 3 heterocycles. The maximum absolute atomic E-state index is 14.5. The highest BCUT2D eigenvalue weighted by atomic mass is 79.9. The van der Waals surface area contributed by atoms with Crippen LogP contribution in [-0.4, -0.2) is 59.1 Å². The molecular formula is C18H17BrF5N3O2. The maximum atomic E-state index is 14.5. The van der Waals surface area contributed by atoms with Gasteiger partial charge in [0, 0.05) is 13.0 Å². The Morgan fingerprint density at radius 1 is 1.24 bits per heavy atom. The normalized spacial score (nSPS) is 24.8. The molecule has 158 valence electrons. The van der Waals surface area contributed by atoms with Crippen LogP contribution in [-0.2, 0) is 0 Å². The summed E-state index contributed by atoms with van der Waals surface area (Å²) in [6.45, 7) is -0.446. The Morgan fingerprint density at radius 2 is 2.03 bits per heavy atom. The van der Waals surface area contributed by atoms with Crippen LogP contribution in [0.15, 0.2) is 16.6 Å². The summed E-state index contributed by atoms with van der Waals surface area (Å²) in [5.74, 6) is -1.19. The Bertz CT molecular complexity index is 928. The predicted molar refractivity (Wildman–Crippen MR) is 97.3 cm³/mol. The van der Waals surface area contributed by atoms with E-state index in [9.17, 15) is 22.0 Å². The minimum Gasteiger partial charge on any atom is -0.467 e. The van der Waals surface area contributed by atoms with Crippen molar-refractivity contribution in [3.63, 3.8) is 0 Å². The number of hydrogen-bond donors (Lipinski definition) is 0. The summed E-state index contributed by atoms with van der Waals surface area (Å²) in [5.41, 5.74) is -0.724. The molecule has 1 aromatic heterocycles. The number of fused-ring (bicyclic) bond motifs is 2. The van der Waals surface area contributed by atoms with Crippen LogP contribution in [0.3, 0.4) is 0 Å². The molecule has 1 aromatic carbocycles. The number of rotatable bonds is 5. The second-order valence-corrected chi connectivity index (χ2v) is 8.19. The molecule has 0 bridgehead atoms. The van der Waals surface area contributed by atoms with E-state index in [0.717, 1.165) is 19.4 Å². The molecule has 0 N–H and O–H groups in total. The van der Waals surface area contributed by atoms with Gasteiger partial charge < -0.3 is 9.47 Å². The van der Waals surface area contributed by atoms with Crippen LogP contribution < -0.4 is 9.47 Å². The van der Waals surface area contributed by atoms with E-state index >= 15 is 0 Å². The molecule has 29 heavy (non-hydrogen) atoms. The standard InChI is InChI=1S/C18H17BrF5N3O2/c19-12-3-2-11-14(13(12)21)25-16(26-15(11)28-9-18(22,23)24)29-8-17-4-1-5-27(17)7-10(20)6-17/h2-3,10H,1,4-9H2/t10-,17+/m1/s1.